The first-order valence-electron chi connectivity index (χ1n) is 5.43. The van der Waals surface area contributed by atoms with E-state index in [0.29, 0.717) is 5.41 Å². The molecular weight excluding hydrogens is 158 g/mol. The van der Waals surface area contributed by atoms with Crippen LogP contribution in [0.2, 0.25) is 0 Å². The molecule has 1 heteroatoms. The first-order chi connectivity index (χ1) is 5.99. The van der Waals surface area contributed by atoms with Crippen LogP contribution in [0.25, 0.3) is 0 Å². The van der Waals surface area contributed by atoms with Crippen LogP contribution in [0, 0.1) is 11.3 Å². The first kappa shape index (κ1) is 10.8. The van der Waals surface area contributed by atoms with Gasteiger partial charge in [0, 0.05) is 6.04 Å². The molecule has 1 saturated carbocycles. The zero-order valence-corrected chi connectivity index (χ0v) is 9.22. The molecule has 1 aliphatic rings. The summed E-state index contributed by atoms with van der Waals surface area (Å²) in [6.07, 6.45) is 9.87. The lowest BCUT2D eigenvalue weighted by Crippen LogP contribution is -2.20. The number of nitrogens with two attached hydrogens (primary N) is 1. The van der Waals surface area contributed by atoms with Crippen LogP contribution < -0.4 is 5.73 Å². The van der Waals surface area contributed by atoms with Crippen molar-refractivity contribution in [2.24, 2.45) is 17.1 Å². The third kappa shape index (κ3) is 3.95. The van der Waals surface area contributed by atoms with Crippen LogP contribution in [-0.2, 0) is 0 Å². The van der Waals surface area contributed by atoms with Gasteiger partial charge >= 0.3 is 0 Å². The average Bonchev–Trinajstić information content (AvgIpc) is 2.02. The quantitative estimate of drug-likeness (QED) is 0.651. The third-order valence-electron chi connectivity index (χ3n) is 3.07. The predicted octanol–water partition coefficient (Wildman–Crippen LogP) is 3.11. The lowest BCUT2D eigenvalue weighted by Gasteiger charge is -2.33. The standard InChI is InChI=1S/C12H23N/c1-10(13)4-5-11-6-8-12(2,3)9-7-11/h4-5,10-11H,6-9,13H2,1-3H3/b5-4+. The van der Waals surface area contributed by atoms with Crippen molar-refractivity contribution >= 4 is 0 Å². The van der Waals surface area contributed by atoms with Gasteiger partial charge in [0.1, 0.15) is 0 Å². The van der Waals surface area contributed by atoms with E-state index in [1.165, 1.54) is 25.7 Å². The Bertz CT molecular complexity index is 170. The molecule has 0 bridgehead atoms. The van der Waals surface area contributed by atoms with E-state index in [-0.39, 0.29) is 6.04 Å². The van der Waals surface area contributed by atoms with E-state index in [1.807, 2.05) is 6.92 Å². The van der Waals surface area contributed by atoms with E-state index in [4.69, 9.17) is 5.73 Å². The summed E-state index contributed by atoms with van der Waals surface area (Å²) in [6, 6.07) is 0.218. The van der Waals surface area contributed by atoms with E-state index in [2.05, 4.69) is 26.0 Å². The zero-order valence-electron chi connectivity index (χ0n) is 9.22. The van der Waals surface area contributed by atoms with E-state index < -0.39 is 0 Å². The Hall–Kier alpha value is -0.300. The summed E-state index contributed by atoms with van der Waals surface area (Å²) in [7, 11) is 0. The summed E-state index contributed by atoms with van der Waals surface area (Å²) < 4.78 is 0. The minimum Gasteiger partial charge on any atom is -0.325 e. The van der Waals surface area contributed by atoms with Crippen molar-refractivity contribution in [1.82, 2.24) is 0 Å². The van der Waals surface area contributed by atoms with Crippen LogP contribution in [0.4, 0.5) is 0 Å². The molecule has 0 aromatic carbocycles. The molecule has 0 spiro atoms. The van der Waals surface area contributed by atoms with Gasteiger partial charge in [0.15, 0.2) is 0 Å². The molecule has 1 aliphatic carbocycles. The molecule has 0 heterocycles. The molecule has 2 N–H and O–H groups in total. The molecule has 0 saturated heterocycles. The number of hydrogen-bond acceptors (Lipinski definition) is 1. The fourth-order valence-corrected chi connectivity index (χ4v) is 1.95. The van der Waals surface area contributed by atoms with Crippen molar-refractivity contribution in [2.75, 3.05) is 0 Å². The molecular formula is C12H23N. The number of rotatable bonds is 2. The van der Waals surface area contributed by atoms with E-state index in [9.17, 15) is 0 Å². The van der Waals surface area contributed by atoms with E-state index in [0.717, 1.165) is 5.92 Å². The Morgan fingerprint density at radius 2 is 1.85 bits per heavy atom. The Balaban J connectivity index is 2.33. The van der Waals surface area contributed by atoms with Crippen LogP contribution in [-0.4, -0.2) is 6.04 Å². The SMILES string of the molecule is CC(N)/C=C/C1CCC(C)(C)CC1. The maximum Gasteiger partial charge on any atom is 0.0194 e. The van der Waals surface area contributed by atoms with Crippen molar-refractivity contribution in [3.05, 3.63) is 12.2 Å². The van der Waals surface area contributed by atoms with Crippen LogP contribution in [0.1, 0.15) is 46.5 Å². The lowest BCUT2D eigenvalue weighted by molar-refractivity contribution is 0.213. The summed E-state index contributed by atoms with van der Waals surface area (Å²) in [5.41, 5.74) is 6.26. The van der Waals surface area contributed by atoms with Gasteiger partial charge in [0.2, 0.25) is 0 Å². The second-order valence-electron chi connectivity index (χ2n) is 5.25. The molecule has 13 heavy (non-hydrogen) atoms. The highest BCUT2D eigenvalue weighted by Gasteiger charge is 2.25. The molecule has 0 aromatic rings. The minimum absolute atomic E-state index is 0.218. The monoisotopic (exact) mass is 181 g/mol. The highest BCUT2D eigenvalue weighted by Crippen LogP contribution is 2.38. The largest absolute Gasteiger partial charge is 0.325 e. The maximum absolute atomic E-state index is 5.68. The summed E-state index contributed by atoms with van der Waals surface area (Å²) in [4.78, 5) is 0. The smallest absolute Gasteiger partial charge is 0.0194 e. The van der Waals surface area contributed by atoms with Gasteiger partial charge in [0.25, 0.3) is 0 Å². The Kier molecular flexibility index (Phi) is 3.55. The Morgan fingerprint density at radius 3 is 2.31 bits per heavy atom. The van der Waals surface area contributed by atoms with Crippen LogP contribution in [0.3, 0.4) is 0 Å². The van der Waals surface area contributed by atoms with Crippen molar-refractivity contribution in [1.29, 1.82) is 0 Å². The van der Waals surface area contributed by atoms with Gasteiger partial charge in [0.05, 0.1) is 0 Å². The van der Waals surface area contributed by atoms with E-state index >= 15 is 0 Å². The fraction of sp³-hybridized carbons (Fsp3) is 0.833. The fourth-order valence-electron chi connectivity index (χ4n) is 1.95. The summed E-state index contributed by atoms with van der Waals surface area (Å²) in [5.74, 6) is 0.791. The van der Waals surface area contributed by atoms with Gasteiger partial charge in [-0.2, -0.15) is 0 Å². The molecule has 0 aliphatic heterocycles. The predicted molar refractivity (Wildman–Crippen MR) is 58.5 cm³/mol. The van der Waals surface area contributed by atoms with Gasteiger partial charge in [-0.1, -0.05) is 26.0 Å². The van der Waals surface area contributed by atoms with Gasteiger partial charge in [-0.15, -0.1) is 0 Å². The van der Waals surface area contributed by atoms with Gasteiger partial charge in [-0.05, 0) is 43.9 Å². The molecule has 76 valence electrons. The Labute approximate surface area is 82.4 Å². The highest BCUT2D eigenvalue weighted by atomic mass is 14.6. The molecule has 1 unspecified atom stereocenters. The van der Waals surface area contributed by atoms with Crippen molar-refractivity contribution in [3.8, 4) is 0 Å². The van der Waals surface area contributed by atoms with Gasteiger partial charge < -0.3 is 5.73 Å². The minimum atomic E-state index is 0.218. The van der Waals surface area contributed by atoms with Gasteiger partial charge in [-0.3, -0.25) is 0 Å². The molecule has 0 radical (unpaired) electrons. The molecule has 1 fully saturated rings. The third-order valence-corrected chi connectivity index (χ3v) is 3.07. The second kappa shape index (κ2) is 4.28. The van der Waals surface area contributed by atoms with E-state index in [1.54, 1.807) is 0 Å². The molecule has 0 amide bonds. The maximum atomic E-state index is 5.68. The summed E-state index contributed by atoms with van der Waals surface area (Å²) in [5, 5.41) is 0. The number of allylic oxidation sites excluding steroid dienone is 1. The van der Waals surface area contributed by atoms with Crippen LogP contribution in [0.5, 0.6) is 0 Å². The normalized spacial score (nSPS) is 26.5. The molecule has 0 aromatic heterocycles. The Morgan fingerprint density at radius 1 is 1.31 bits per heavy atom. The van der Waals surface area contributed by atoms with Crippen molar-refractivity contribution < 1.29 is 0 Å². The molecule has 1 rings (SSSR count). The first-order valence-corrected chi connectivity index (χ1v) is 5.43. The highest BCUT2D eigenvalue weighted by molar-refractivity contribution is 4.96. The topological polar surface area (TPSA) is 26.0 Å². The summed E-state index contributed by atoms with van der Waals surface area (Å²) >= 11 is 0. The second-order valence-corrected chi connectivity index (χ2v) is 5.25. The van der Waals surface area contributed by atoms with Crippen LogP contribution >= 0.6 is 0 Å². The molecule has 1 nitrogen and oxygen atoms in total. The lowest BCUT2D eigenvalue weighted by atomic mass is 9.73. The van der Waals surface area contributed by atoms with Crippen molar-refractivity contribution in [3.63, 3.8) is 0 Å². The van der Waals surface area contributed by atoms with Crippen molar-refractivity contribution in [2.45, 2.75) is 52.5 Å². The zero-order chi connectivity index (χ0) is 9.90. The molecule has 1 atom stereocenters. The van der Waals surface area contributed by atoms with Crippen LogP contribution in [0.15, 0.2) is 12.2 Å². The van der Waals surface area contributed by atoms with Gasteiger partial charge in [-0.25, -0.2) is 0 Å². The average molecular weight is 181 g/mol. The summed E-state index contributed by atoms with van der Waals surface area (Å²) in [6.45, 7) is 6.78. The number of hydrogen-bond donors (Lipinski definition) is 1.